The molecule has 3 rings (SSSR count). The van der Waals surface area contributed by atoms with Crippen molar-refractivity contribution >= 4 is 11.9 Å². The van der Waals surface area contributed by atoms with E-state index in [1.165, 1.54) is 0 Å². The fourth-order valence-electron chi connectivity index (χ4n) is 3.34. The van der Waals surface area contributed by atoms with Crippen molar-refractivity contribution in [3.8, 4) is 11.3 Å². The summed E-state index contributed by atoms with van der Waals surface area (Å²) in [5, 5.41) is 0. The van der Waals surface area contributed by atoms with Gasteiger partial charge in [0.1, 0.15) is 0 Å². The fraction of sp³-hybridized carbons (Fsp3) is 0.381. The Kier molecular flexibility index (Phi) is 5.66. The van der Waals surface area contributed by atoms with Crippen LogP contribution in [0, 0.1) is 12.8 Å². The highest BCUT2D eigenvalue weighted by molar-refractivity contribution is 5.96. The van der Waals surface area contributed by atoms with E-state index in [1.807, 2.05) is 49.4 Å². The zero-order valence-corrected chi connectivity index (χ0v) is 15.3. The Bertz CT molecular complexity index is 789. The van der Waals surface area contributed by atoms with E-state index in [1.54, 1.807) is 11.8 Å². The maximum absolute atomic E-state index is 12.9. The number of aryl methyl sites for hydroxylation is 1. The summed E-state index contributed by atoms with van der Waals surface area (Å²) in [5.74, 6) is -0.507. The van der Waals surface area contributed by atoms with E-state index in [0.29, 0.717) is 31.0 Å². The van der Waals surface area contributed by atoms with Gasteiger partial charge >= 0.3 is 5.97 Å². The Morgan fingerprint density at radius 2 is 1.96 bits per heavy atom. The molecule has 0 N–H and O–H groups in total. The van der Waals surface area contributed by atoms with Gasteiger partial charge in [0.05, 0.1) is 29.5 Å². The Morgan fingerprint density at radius 1 is 1.19 bits per heavy atom. The van der Waals surface area contributed by atoms with E-state index in [4.69, 9.17) is 4.74 Å². The molecule has 0 radical (unpaired) electrons. The first kappa shape index (κ1) is 18.1. The van der Waals surface area contributed by atoms with E-state index in [0.717, 1.165) is 24.1 Å². The summed E-state index contributed by atoms with van der Waals surface area (Å²) in [7, 11) is 0. The van der Waals surface area contributed by atoms with Gasteiger partial charge in [0.2, 0.25) is 0 Å². The fourth-order valence-corrected chi connectivity index (χ4v) is 3.34. The minimum absolute atomic E-state index is 0.0661. The summed E-state index contributed by atoms with van der Waals surface area (Å²) in [6.07, 6.45) is 1.58. The van der Waals surface area contributed by atoms with E-state index >= 15 is 0 Å². The minimum Gasteiger partial charge on any atom is -0.466 e. The molecule has 0 saturated carbocycles. The Morgan fingerprint density at radius 3 is 2.65 bits per heavy atom. The number of rotatable bonds is 4. The van der Waals surface area contributed by atoms with E-state index in [2.05, 4.69) is 4.98 Å². The van der Waals surface area contributed by atoms with Gasteiger partial charge in [0.25, 0.3) is 5.91 Å². The lowest BCUT2D eigenvalue weighted by molar-refractivity contribution is -0.149. The number of ether oxygens (including phenoxy) is 1. The predicted molar refractivity (Wildman–Crippen MR) is 99.7 cm³/mol. The number of amides is 1. The van der Waals surface area contributed by atoms with Crippen LogP contribution in [0.3, 0.4) is 0 Å². The van der Waals surface area contributed by atoms with Crippen molar-refractivity contribution in [1.29, 1.82) is 0 Å². The maximum atomic E-state index is 12.9. The number of hydrogen-bond donors (Lipinski definition) is 0. The number of likely N-dealkylation sites (tertiary alicyclic amines) is 1. The summed E-state index contributed by atoms with van der Waals surface area (Å²) in [6, 6.07) is 13.6. The van der Waals surface area contributed by atoms with Crippen LogP contribution in [0.5, 0.6) is 0 Å². The van der Waals surface area contributed by atoms with Crippen LogP contribution in [0.4, 0.5) is 0 Å². The van der Waals surface area contributed by atoms with E-state index in [-0.39, 0.29) is 17.8 Å². The molecule has 5 nitrogen and oxygen atoms in total. The van der Waals surface area contributed by atoms with Gasteiger partial charge in [0.15, 0.2) is 0 Å². The number of hydrogen-bond acceptors (Lipinski definition) is 4. The first-order chi connectivity index (χ1) is 12.6. The van der Waals surface area contributed by atoms with Crippen molar-refractivity contribution in [2.45, 2.75) is 26.7 Å². The molecule has 0 aliphatic carbocycles. The molecule has 2 heterocycles. The van der Waals surface area contributed by atoms with Crippen LogP contribution in [-0.4, -0.2) is 41.5 Å². The lowest BCUT2D eigenvalue weighted by Gasteiger charge is -2.31. The zero-order valence-electron chi connectivity index (χ0n) is 15.3. The van der Waals surface area contributed by atoms with Crippen molar-refractivity contribution in [2.75, 3.05) is 19.7 Å². The molecule has 1 aromatic heterocycles. The molecule has 0 spiro atoms. The van der Waals surface area contributed by atoms with Crippen LogP contribution in [-0.2, 0) is 9.53 Å². The van der Waals surface area contributed by atoms with Crippen LogP contribution in [0.1, 0.15) is 35.8 Å². The van der Waals surface area contributed by atoms with Crippen LogP contribution < -0.4 is 0 Å². The molecule has 1 amide bonds. The first-order valence-electron chi connectivity index (χ1n) is 9.09. The normalized spacial score (nSPS) is 17.0. The summed E-state index contributed by atoms with van der Waals surface area (Å²) in [4.78, 5) is 31.3. The molecule has 0 unspecified atom stereocenters. The topological polar surface area (TPSA) is 59.5 Å². The third-order valence-electron chi connectivity index (χ3n) is 4.71. The van der Waals surface area contributed by atoms with Crippen molar-refractivity contribution in [3.63, 3.8) is 0 Å². The van der Waals surface area contributed by atoms with E-state index < -0.39 is 0 Å². The second kappa shape index (κ2) is 8.13. The second-order valence-electron chi connectivity index (χ2n) is 6.54. The molecule has 1 fully saturated rings. The van der Waals surface area contributed by atoms with Gasteiger partial charge in [-0.1, -0.05) is 30.3 Å². The highest BCUT2D eigenvalue weighted by Crippen LogP contribution is 2.23. The van der Waals surface area contributed by atoms with Crippen LogP contribution >= 0.6 is 0 Å². The number of benzene rings is 1. The van der Waals surface area contributed by atoms with Gasteiger partial charge in [-0.05, 0) is 38.8 Å². The molecule has 1 atom stereocenters. The van der Waals surface area contributed by atoms with Gasteiger partial charge in [0, 0.05) is 18.7 Å². The minimum atomic E-state index is -0.232. The predicted octanol–water partition coefficient (Wildman–Crippen LogP) is 3.47. The molecular weight excluding hydrogens is 328 g/mol. The van der Waals surface area contributed by atoms with E-state index in [9.17, 15) is 9.59 Å². The third kappa shape index (κ3) is 3.93. The molecule has 5 heteroatoms. The number of aromatic nitrogens is 1. The molecule has 26 heavy (non-hydrogen) atoms. The summed E-state index contributed by atoms with van der Waals surface area (Å²) in [6.45, 7) is 5.10. The largest absolute Gasteiger partial charge is 0.466 e. The van der Waals surface area contributed by atoms with Crippen LogP contribution in [0.15, 0.2) is 42.5 Å². The molecule has 1 aromatic carbocycles. The maximum Gasteiger partial charge on any atom is 0.310 e. The molecule has 136 valence electrons. The Balaban J connectivity index is 1.76. The van der Waals surface area contributed by atoms with Gasteiger partial charge in [-0.15, -0.1) is 0 Å². The smallest absolute Gasteiger partial charge is 0.310 e. The number of esters is 1. The summed E-state index contributed by atoms with van der Waals surface area (Å²) >= 11 is 0. The highest BCUT2D eigenvalue weighted by atomic mass is 16.5. The molecule has 1 saturated heterocycles. The molecule has 1 aliphatic heterocycles. The number of pyridine rings is 1. The third-order valence-corrected chi connectivity index (χ3v) is 4.71. The average molecular weight is 352 g/mol. The number of carbonyl (C=O) groups is 2. The highest BCUT2D eigenvalue weighted by Gasteiger charge is 2.30. The monoisotopic (exact) mass is 352 g/mol. The van der Waals surface area contributed by atoms with Crippen molar-refractivity contribution in [3.05, 3.63) is 53.7 Å². The van der Waals surface area contributed by atoms with Crippen LogP contribution in [0.2, 0.25) is 0 Å². The average Bonchev–Trinajstić information content (AvgIpc) is 2.68. The number of piperidine rings is 1. The molecule has 1 aliphatic rings. The Hall–Kier alpha value is -2.69. The first-order valence-corrected chi connectivity index (χ1v) is 9.09. The number of carbonyl (C=O) groups excluding carboxylic acids is 2. The summed E-state index contributed by atoms with van der Waals surface area (Å²) < 4.78 is 5.11. The Labute approximate surface area is 154 Å². The second-order valence-corrected chi connectivity index (χ2v) is 6.54. The molecular formula is C21H24N2O3. The van der Waals surface area contributed by atoms with Gasteiger partial charge < -0.3 is 9.64 Å². The molecule has 0 bridgehead atoms. The lowest BCUT2D eigenvalue weighted by Crippen LogP contribution is -2.43. The standard InChI is InChI=1S/C21H24N2O3/c1-3-26-21(25)17-10-7-13-23(14-17)20(24)18-11-12-19(22-15(18)2)16-8-5-4-6-9-16/h4-6,8-9,11-12,17H,3,7,10,13-14H2,1-2H3/t17-/m1/s1. The van der Waals surface area contributed by atoms with Crippen molar-refractivity contribution in [2.24, 2.45) is 5.92 Å². The molecule has 2 aromatic rings. The summed E-state index contributed by atoms with van der Waals surface area (Å²) in [5.41, 5.74) is 3.17. The van der Waals surface area contributed by atoms with Crippen molar-refractivity contribution in [1.82, 2.24) is 9.88 Å². The van der Waals surface area contributed by atoms with Gasteiger partial charge in [-0.3, -0.25) is 14.6 Å². The van der Waals surface area contributed by atoms with Gasteiger partial charge in [-0.25, -0.2) is 0 Å². The number of nitrogens with zero attached hydrogens (tertiary/aromatic N) is 2. The SMILES string of the molecule is CCOC(=O)[C@@H]1CCCN(C(=O)c2ccc(-c3ccccc3)nc2C)C1. The van der Waals surface area contributed by atoms with Crippen molar-refractivity contribution < 1.29 is 14.3 Å². The van der Waals surface area contributed by atoms with Crippen LogP contribution in [0.25, 0.3) is 11.3 Å². The van der Waals surface area contributed by atoms with Gasteiger partial charge in [-0.2, -0.15) is 0 Å². The zero-order chi connectivity index (χ0) is 18.5. The quantitative estimate of drug-likeness (QED) is 0.791. The lowest BCUT2D eigenvalue weighted by atomic mass is 9.97.